The minimum absolute atomic E-state index is 0.104. The quantitative estimate of drug-likeness (QED) is 0.526. The molecular formula is C28H29N3O4. The minimum atomic E-state index is -0.845. The number of aryl methyl sites for hydroxylation is 1. The topological polar surface area (TPSA) is 102 Å². The first kappa shape index (κ1) is 24.0. The molecule has 0 saturated carbocycles. The predicted molar refractivity (Wildman–Crippen MR) is 132 cm³/mol. The van der Waals surface area contributed by atoms with Crippen molar-refractivity contribution in [2.45, 2.75) is 44.5 Å². The normalized spacial score (nSPS) is 15.5. The molecule has 35 heavy (non-hydrogen) atoms. The van der Waals surface area contributed by atoms with Crippen molar-refractivity contribution in [3.63, 3.8) is 0 Å². The second-order valence-electron chi connectivity index (χ2n) is 8.64. The zero-order chi connectivity index (χ0) is 24.6. The maximum absolute atomic E-state index is 13.4. The predicted octanol–water partition coefficient (Wildman–Crippen LogP) is 3.35. The molecule has 3 amide bonds. The van der Waals surface area contributed by atoms with E-state index in [4.69, 9.17) is 10.5 Å². The van der Waals surface area contributed by atoms with E-state index in [0.29, 0.717) is 19.3 Å². The van der Waals surface area contributed by atoms with Crippen LogP contribution in [-0.2, 0) is 40.3 Å². The number of hydrogen-bond donors (Lipinski definition) is 2. The Balaban J connectivity index is 1.47. The second-order valence-corrected chi connectivity index (χ2v) is 8.64. The van der Waals surface area contributed by atoms with Crippen molar-refractivity contribution in [1.82, 2.24) is 10.2 Å². The molecule has 3 aromatic rings. The third kappa shape index (κ3) is 6.26. The summed E-state index contributed by atoms with van der Waals surface area (Å²) in [5.41, 5.74) is 9.45. The molecule has 0 unspecified atom stereocenters. The Kier molecular flexibility index (Phi) is 7.77. The lowest BCUT2D eigenvalue weighted by molar-refractivity contribution is -0.131. The third-order valence-electron chi connectivity index (χ3n) is 6.22. The zero-order valence-corrected chi connectivity index (χ0v) is 19.4. The highest BCUT2D eigenvalue weighted by Gasteiger charge is 2.36. The van der Waals surface area contributed by atoms with Crippen molar-refractivity contribution in [3.8, 4) is 0 Å². The van der Waals surface area contributed by atoms with Gasteiger partial charge in [-0.05, 0) is 35.1 Å². The van der Waals surface area contributed by atoms with Gasteiger partial charge in [0.05, 0.1) is 6.54 Å². The van der Waals surface area contributed by atoms with Gasteiger partial charge in [0.15, 0.2) is 0 Å². The van der Waals surface area contributed by atoms with Crippen molar-refractivity contribution >= 4 is 17.9 Å². The first-order chi connectivity index (χ1) is 17.0. The molecule has 3 N–H and O–H groups in total. The number of nitrogens with zero attached hydrogens (tertiary/aromatic N) is 1. The van der Waals surface area contributed by atoms with E-state index >= 15 is 0 Å². The summed E-state index contributed by atoms with van der Waals surface area (Å²) in [6.45, 7) is 0.348. The number of rotatable bonds is 8. The molecule has 0 fully saturated rings. The van der Waals surface area contributed by atoms with E-state index in [1.807, 2.05) is 84.9 Å². The van der Waals surface area contributed by atoms with E-state index in [9.17, 15) is 14.4 Å². The van der Waals surface area contributed by atoms with Crippen LogP contribution in [0.15, 0.2) is 84.9 Å². The minimum Gasteiger partial charge on any atom is -0.445 e. The summed E-state index contributed by atoms with van der Waals surface area (Å²) in [6.07, 6.45) is 0.702. The number of benzene rings is 3. The van der Waals surface area contributed by atoms with E-state index in [1.54, 1.807) is 0 Å². The highest BCUT2D eigenvalue weighted by atomic mass is 16.6. The van der Waals surface area contributed by atoms with Crippen LogP contribution >= 0.6 is 0 Å². The van der Waals surface area contributed by atoms with Gasteiger partial charge in [-0.3, -0.25) is 14.5 Å². The van der Waals surface area contributed by atoms with Crippen LogP contribution in [0, 0.1) is 0 Å². The second kappa shape index (κ2) is 11.3. The number of ether oxygens (including phenoxy) is 1. The number of primary amides is 1. The van der Waals surface area contributed by atoms with Gasteiger partial charge in [-0.2, -0.15) is 0 Å². The lowest BCUT2D eigenvalue weighted by Gasteiger charge is -2.35. The molecule has 0 bridgehead atoms. The first-order valence-corrected chi connectivity index (χ1v) is 11.7. The van der Waals surface area contributed by atoms with Gasteiger partial charge in [0, 0.05) is 6.42 Å². The molecule has 2 atom stereocenters. The molecule has 0 aromatic heterocycles. The average molecular weight is 472 g/mol. The van der Waals surface area contributed by atoms with Gasteiger partial charge in [0.25, 0.3) is 0 Å². The summed E-state index contributed by atoms with van der Waals surface area (Å²) in [7, 11) is 0. The summed E-state index contributed by atoms with van der Waals surface area (Å²) in [6, 6.07) is 25.1. The molecule has 1 aliphatic rings. The Morgan fingerprint density at radius 3 is 2.14 bits per heavy atom. The molecule has 4 rings (SSSR count). The highest BCUT2D eigenvalue weighted by molar-refractivity contribution is 5.91. The van der Waals surface area contributed by atoms with Crippen molar-refractivity contribution in [2.75, 3.05) is 0 Å². The summed E-state index contributed by atoms with van der Waals surface area (Å²) in [4.78, 5) is 40.0. The van der Waals surface area contributed by atoms with Gasteiger partial charge >= 0.3 is 6.09 Å². The molecule has 7 heteroatoms. The lowest BCUT2D eigenvalue weighted by Crippen LogP contribution is -2.56. The molecule has 0 aliphatic carbocycles. The summed E-state index contributed by atoms with van der Waals surface area (Å²) < 4.78 is 5.54. The Bertz CT molecular complexity index is 1170. The molecule has 1 heterocycles. The van der Waals surface area contributed by atoms with Crippen LogP contribution in [0.4, 0.5) is 4.79 Å². The van der Waals surface area contributed by atoms with Gasteiger partial charge < -0.3 is 15.8 Å². The summed E-state index contributed by atoms with van der Waals surface area (Å²) in [5, 5.41) is 2.78. The number of hydrogen-bond acceptors (Lipinski definition) is 4. The Morgan fingerprint density at radius 1 is 0.886 bits per heavy atom. The first-order valence-electron chi connectivity index (χ1n) is 11.7. The van der Waals surface area contributed by atoms with Crippen molar-refractivity contribution in [1.29, 1.82) is 0 Å². The summed E-state index contributed by atoms with van der Waals surface area (Å²) >= 11 is 0. The van der Waals surface area contributed by atoms with E-state index in [0.717, 1.165) is 22.3 Å². The van der Waals surface area contributed by atoms with Crippen LogP contribution in [0.3, 0.4) is 0 Å². The maximum atomic E-state index is 13.4. The highest BCUT2D eigenvalue weighted by Crippen LogP contribution is 2.25. The third-order valence-corrected chi connectivity index (χ3v) is 6.22. The number of nitrogens with one attached hydrogen (secondary N) is 1. The molecule has 0 saturated heterocycles. The van der Waals surface area contributed by atoms with E-state index < -0.39 is 30.0 Å². The molecule has 0 spiro atoms. The van der Waals surface area contributed by atoms with Crippen LogP contribution in [-0.4, -0.2) is 34.9 Å². The Morgan fingerprint density at radius 2 is 1.49 bits per heavy atom. The van der Waals surface area contributed by atoms with Crippen molar-refractivity contribution in [2.24, 2.45) is 5.73 Å². The lowest BCUT2D eigenvalue weighted by atomic mass is 9.93. The van der Waals surface area contributed by atoms with Crippen molar-refractivity contribution < 1.29 is 19.1 Å². The SMILES string of the molecule is NC(=O)[C@H](CCc1ccccc1)NC(=O)[C@@H]1Cc2ccccc2CN1C(=O)OCc1ccccc1. The smallest absolute Gasteiger partial charge is 0.411 e. The van der Waals surface area contributed by atoms with Crippen LogP contribution in [0.1, 0.15) is 28.7 Å². The zero-order valence-electron chi connectivity index (χ0n) is 19.4. The number of nitrogens with two attached hydrogens (primary N) is 1. The fourth-order valence-electron chi connectivity index (χ4n) is 4.26. The van der Waals surface area contributed by atoms with Gasteiger partial charge in [0.1, 0.15) is 18.7 Å². The Labute approximate surface area is 204 Å². The van der Waals surface area contributed by atoms with E-state index in [-0.39, 0.29) is 13.2 Å². The molecule has 3 aromatic carbocycles. The van der Waals surface area contributed by atoms with Crippen molar-refractivity contribution in [3.05, 3.63) is 107 Å². The van der Waals surface area contributed by atoms with Gasteiger partial charge in [0.2, 0.25) is 11.8 Å². The number of carbonyl (C=O) groups excluding carboxylic acids is 3. The Hall–Kier alpha value is -4.13. The van der Waals surface area contributed by atoms with Crippen LogP contribution < -0.4 is 11.1 Å². The van der Waals surface area contributed by atoms with Crippen LogP contribution in [0.5, 0.6) is 0 Å². The number of amides is 3. The molecule has 1 aliphatic heterocycles. The standard InChI is InChI=1S/C28H29N3O4/c29-26(32)24(16-15-20-9-3-1-4-10-20)30-27(33)25-17-22-13-7-8-14-23(22)18-31(25)28(34)35-19-21-11-5-2-6-12-21/h1-14,24-25H,15-19H2,(H2,29,32)(H,30,33)/t24-,25-/m0/s1. The van der Waals surface area contributed by atoms with E-state index in [1.165, 1.54) is 4.90 Å². The molecular weight excluding hydrogens is 442 g/mol. The average Bonchev–Trinajstić information content (AvgIpc) is 2.89. The molecule has 180 valence electrons. The van der Waals surface area contributed by atoms with Crippen LogP contribution in [0.25, 0.3) is 0 Å². The largest absolute Gasteiger partial charge is 0.445 e. The monoisotopic (exact) mass is 471 g/mol. The van der Waals surface area contributed by atoms with Gasteiger partial charge in [-0.1, -0.05) is 84.9 Å². The number of fused-ring (bicyclic) bond motifs is 1. The fraction of sp³-hybridized carbons (Fsp3) is 0.250. The summed E-state index contributed by atoms with van der Waals surface area (Å²) in [5.74, 6) is -1.03. The maximum Gasteiger partial charge on any atom is 0.411 e. The number of carbonyl (C=O) groups is 3. The molecule has 7 nitrogen and oxygen atoms in total. The fourth-order valence-corrected chi connectivity index (χ4v) is 4.26. The molecule has 0 radical (unpaired) electrons. The van der Waals surface area contributed by atoms with Gasteiger partial charge in [-0.25, -0.2) is 4.79 Å². The van der Waals surface area contributed by atoms with Crippen LogP contribution in [0.2, 0.25) is 0 Å². The van der Waals surface area contributed by atoms with Gasteiger partial charge in [-0.15, -0.1) is 0 Å². The van der Waals surface area contributed by atoms with E-state index in [2.05, 4.69) is 5.32 Å².